The van der Waals surface area contributed by atoms with Gasteiger partial charge in [0.15, 0.2) is 0 Å². The summed E-state index contributed by atoms with van der Waals surface area (Å²) in [5.41, 5.74) is 0.963. The predicted octanol–water partition coefficient (Wildman–Crippen LogP) is 2.54. The minimum Gasteiger partial charge on any atom is -0.200 e. The highest BCUT2D eigenvalue weighted by molar-refractivity contribution is 7.89. The number of nitrogens with zero attached hydrogens (tertiary/aromatic N) is 2. The van der Waals surface area contributed by atoms with Gasteiger partial charge >= 0.3 is 0 Å². The molecular weight excluding hydrogens is 268 g/mol. The number of benzene rings is 1. The lowest BCUT2D eigenvalue weighted by molar-refractivity contribution is 0.467. The van der Waals surface area contributed by atoms with Gasteiger partial charge in [-0.15, -0.1) is 4.91 Å². The maximum absolute atomic E-state index is 12.2. The first-order valence-electron chi connectivity index (χ1n) is 5.59. The SMILES string of the molecule is Cc1ccc(S(=O)(=O)N(C[Si](C)(C)C)N=O)cc1. The van der Waals surface area contributed by atoms with E-state index in [4.69, 9.17) is 0 Å². The van der Waals surface area contributed by atoms with Gasteiger partial charge in [-0.2, -0.15) is 12.8 Å². The van der Waals surface area contributed by atoms with E-state index in [-0.39, 0.29) is 11.1 Å². The van der Waals surface area contributed by atoms with Crippen LogP contribution in [0, 0.1) is 11.8 Å². The number of hydrogen-bond donors (Lipinski definition) is 0. The molecule has 0 aliphatic heterocycles. The van der Waals surface area contributed by atoms with Crippen molar-refractivity contribution in [1.29, 1.82) is 0 Å². The zero-order valence-electron chi connectivity index (χ0n) is 11.0. The van der Waals surface area contributed by atoms with E-state index in [1.807, 2.05) is 26.6 Å². The van der Waals surface area contributed by atoms with Crippen LogP contribution in [0.25, 0.3) is 0 Å². The van der Waals surface area contributed by atoms with Crippen LogP contribution in [0.1, 0.15) is 5.56 Å². The molecule has 1 aromatic carbocycles. The molecule has 0 heterocycles. The van der Waals surface area contributed by atoms with Crippen molar-refractivity contribution >= 4 is 18.1 Å². The van der Waals surface area contributed by atoms with E-state index >= 15 is 0 Å². The van der Waals surface area contributed by atoms with E-state index in [0.717, 1.165) is 5.56 Å². The van der Waals surface area contributed by atoms with Crippen LogP contribution in [-0.2, 0) is 10.0 Å². The van der Waals surface area contributed by atoms with Crippen LogP contribution in [0.2, 0.25) is 19.6 Å². The number of sulfonamides is 1. The Bertz CT molecular complexity index is 520. The Morgan fingerprint density at radius 2 is 1.67 bits per heavy atom. The topological polar surface area (TPSA) is 66.8 Å². The summed E-state index contributed by atoms with van der Waals surface area (Å²) in [6, 6.07) is 6.38. The third-order valence-corrected chi connectivity index (χ3v) is 5.39. The average Bonchev–Trinajstić information content (AvgIpc) is 2.25. The van der Waals surface area contributed by atoms with Crippen molar-refractivity contribution in [3.63, 3.8) is 0 Å². The fourth-order valence-electron chi connectivity index (χ4n) is 1.40. The fraction of sp³-hybridized carbons (Fsp3) is 0.455. The molecule has 1 rings (SSSR count). The second-order valence-corrected chi connectivity index (χ2v) is 12.7. The summed E-state index contributed by atoms with van der Waals surface area (Å²) in [6.07, 6.45) is 0.187. The third-order valence-electron chi connectivity index (χ3n) is 2.30. The largest absolute Gasteiger partial charge is 0.281 e. The molecule has 0 spiro atoms. The molecule has 0 aromatic heterocycles. The Kier molecular flexibility index (Phi) is 4.28. The summed E-state index contributed by atoms with van der Waals surface area (Å²) in [5.74, 6) is 0. The maximum atomic E-state index is 12.2. The normalized spacial score (nSPS) is 12.2. The smallest absolute Gasteiger partial charge is 0.200 e. The molecule has 5 nitrogen and oxygen atoms in total. The number of nitroso groups, excluding NO2 is 1. The van der Waals surface area contributed by atoms with Crippen molar-refractivity contribution in [3.05, 3.63) is 34.7 Å². The molecule has 0 unspecified atom stereocenters. The molecule has 0 radical (unpaired) electrons. The molecule has 0 bridgehead atoms. The summed E-state index contributed by atoms with van der Waals surface area (Å²) in [5, 5.41) is 2.67. The van der Waals surface area contributed by atoms with Crippen LogP contribution in [0.4, 0.5) is 0 Å². The molecular formula is C11H18N2O3SSi. The van der Waals surface area contributed by atoms with Crippen LogP contribution in [0.5, 0.6) is 0 Å². The molecule has 0 atom stereocenters. The quantitative estimate of drug-likeness (QED) is 0.474. The minimum atomic E-state index is -3.81. The molecule has 100 valence electrons. The zero-order valence-corrected chi connectivity index (χ0v) is 12.9. The lowest BCUT2D eigenvalue weighted by Gasteiger charge is -2.23. The maximum Gasteiger partial charge on any atom is 0.281 e. The summed E-state index contributed by atoms with van der Waals surface area (Å²) >= 11 is 0. The Hall–Kier alpha value is -1.21. The molecule has 0 aliphatic carbocycles. The van der Waals surface area contributed by atoms with Crippen LogP contribution in [-0.4, -0.2) is 27.1 Å². The second-order valence-electron chi connectivity index (χ2n) is 5.44. The highest BCUT2D eigenvalue weighted by atomic mass is 32.2. The molecule has 0 saturated carbocycles. The summed E-state index contributed by atoms with van der Waals surface area (Å²) < 4.78 is 25.1. The zero-order chi connectivity index (χ0) is 14.0. The van der Waals surface area contributed by atoms with E-state index in [1.165, 1.54) is 12.1 Å². The van der Waals surface area contributed by atoms with Gasteiger partial charge in [0.05, 0.1) is 18.3 Å². The fourth-order valence-corrected chi connectivity index (χ4v) is 4.92. The molecule has 0 saturated heterocycles. The molecule has 0 fully saturated rings. The van der Waals surface area contributed by atoms with Crippen molar-refractivity contribution in [2.45, 2.75) is 31.5 Å². The van der Waals surface area contributed by atoms with Crippen LogP contribution < -0.4 is 0 Å². The van der Waals surface area contributed by atoms with Gasteiger partial charge in [-0.25, -0.2) is 0 Å². The summed E-state index contributed by atoms with van der Waals surface area (Å²) in [4.78, 5) is 10.9. The standard InChI is InChI=1S/C11H18N2O3SSi/c1-10-5-7-11(8-6-10)17(15,16)13(12-14)9-18(2,3)4/h5-8H,9H2,1-4H3. The summed E-state index contributed by atoms with van der Waals surface area (Å²) in [7, 11) is -5.55. The van der Waals surface area contributed by atoms with Gasteiger partial charge in [0.25, 0.3) is 10.0 Å². The molecule has 7 heteroatoms. The van der Waals surface area contributed by atoms with Gasteiger partial charge < -0.3 is 0 Å². The first kappa shape index (κ1) is 14.8. The monoisotopic (exact) mass is 286 g/mol. The average molecular weight is 286 g/mol. The Labute approximate surface area is 109 Å². The summed E-state index contributed by atoms with van der Waals surface area (Å²) in [6.45, 7) is 7.82. The van der Waals surface area contributed by atoms with Crippen LogP contribution in [0.3, 0.4) is 0 Å². The Morgan fingerprint density at radius 3 is 2.06 bits per heavy atom. The van der Waals surface area contributed by atoms with Crippen molar-refractivity contribution in [3.8, 4) is 0 Å². The molecule has 0 aliphatic rings. The van der Waals surface area contributed by atoms with Crippen LogP contribution >= 0.6 is 0 Å². The molecule has 18 heavy (non-hydrogen) atoms. The lowest BCUT2D eigenvalue weighted by atomic mass is 10.2. The van der Waals surface area contributed by atoms with Crippen molar-refractivity contribution < 1.29 is 8.42 Å². The van der Waals surface area contributed by atoms with Gasteiger partial charge in [0.2, 0.25) is 0 Å². The van der Waals surface area contributed by atoms with Crippen molar-refractivity contribution in [2.75, 3.05) is 6.17 Å². The van der Waals surface area contributed by atoms with Gasteiger partial charge in [-0.1, -0.05) is 37.3 Å². The Balaban J connectivity index is 3.11. The van der Waals surface area contributed by atoms with Crippen molar-refractivity contribution in [2.24, 2.45) is 5.29 Å². The first-order chi connectivity index (χ1) is 8.16. The highest BCUT2D eigenvalue weighted by Gasteiger charge is 2.29. The first-order valence-corrected chi connectivity index (χ1v) is 10.7. The second kappa shape index (κ2) is 5.19. The Morgan fingerprint density at radius 1 is 1.17 bits per heavy atom. The van der Waals surface area contributed by atoms with Gasteiger partial charge in [0.1, 0.15) is 0 Å². The van der Waals surface area contributed by atoms with Gasteiger partial charge in [-0.05, 0) is 19.1 Å². The minimum absolute atomic E-state index is 0.103. The highest BCUT2D eigenvalue weighted by Crippen LogP contribution is 2.18. The number of hydrogen-bond acceptors (Lipinski definition) is 4. The predicted molar refractivity (Wildman–Crippen MR) is 74.2 cm³/mol. The van der Waals surface area contributed by atoms with Crippen molar-refractivity contribution in [1.82, 2.24) is 4.41 Å². The van der Waals surface area contributed by atoms with E-state index in [2.05, 4.69) is 5.29 Å². The van der Waals surface area contributed by atoms with Crippen LogP contribution in [0.15, 0.2) is 34.4 Å². The third kappa shape index (κ3) is 3.64. The van der Waals surface area contributed by atoms with Gasteiger partial charge in [-0.3, -0.25) is 0 Å². The van der Waals surface area contributed by atoms with E-state index < -0.39 is 18.1 Å². The molecule has 1 aromatic rings. The van der Waals surface area contributed by atoms with E-state index in [9.17, 15) is 13.3 Å². The number of aryl methyl sites for hydroxylation is 1. The molecule has 0 N–H and O–H groups in total. The number of rotatable bonds is 5. The van der Waals surface area contributed by atoms with E-state index in [1.54, 1.807) is 12.1 Å². The van der Waals surface area contributed by atoms with Gasteiger partial charge in [0, 0.05) is 6.17 Å². The molecule has 0 amide bonds. The lowest BCUT2D eigenvalue weighted by Crippen LogP contribution is -2.40. The van der Waals surface area contributed by atoms with E-state index in [0.29, 0.717) is 4.41 Å².